The molecule has 1 aliphatic rings. The summed E-state index contributed by atoms with van der Waals surface area (Å²) >= 11 is 0. The standard InChI is InChI=1S/C24H23F6N3/c1-33-12-4-5-16(33)10-11-31-21-14-22(32-20-7-3-2-6-18(20)21)17-9-8-15(23(25,26)27)13-19(17)24(28,29)30/h2-3,6-9,13-14,16H,4-5,10-12H2,1H3,(H,31,32). The molecule has 1 unspecified atom stereocenters. The number of alkyl halides is 6. The molecule has 1 atom stereocenters. The van der Waals surface area contributed by atoms with Gasteiger partial charge < -0.3 is 10.2 Å². The molecule has 1 saturated heterocycles. The first kappa shape index (κ1) is 23.4. The predicted molar refractivity (Wildman–Crippen MR) is 116 cm³/mol. The molecule has 2 aromatic carbocycles. The number of hydrogen-bond acceptors (Lipinski definition) is 3. The maximum atomic E-state index is 13.7. The lowest BCUT2D eigenvalue weighted by Gasteiger charge is -2.20. The van der Waals surface area contributed by atoms with Gasteiger partial charge in [-0.25, -0.2) is 4.98 Å². The van der Waals surface area contributed by atoms with Gasteiger partial charge in [0.25, 0.3) is 0 Å². The van der Waals surface area contributed by atoms with E-state index in [9.17, 15) is 26.3 Å². The number of hydrogen-bond donors (Lipinski definition) is 1. The van der Waals surface area contributed by atoms with Gasteiger partial charge in [-0.15, -0.1) is 0 Å². The molecule has 0 bridgehead atoms. The Bertz CT molecular complexity index is 1140. The average Bonchev–Trinajstić information content (AvgIpc) is 3.16. The number of fused-ring (bicyclic) bond motifs is 1. The minimum atomic E-state index is -4.97. The van der Waals surface area contributed by atoms with Crippen LogP contribution in [0.5, 0.6) is 0 Å². The van der Waals surface area contributed by atoms with Crippen molar-refractivity contribution in [2.24, 2.45) is 0 Å². The molecule has 3 nitrogen and oxygen atoms in total. The summed E-state index contributed by atoms with van der Waals surface area (Å²) in [5.41, 5.74) is -2.07. The number of nitrogens with zero attached hydrogens (tertiary/aromatic N) is 2. The molecule has 1 aliphatic heterocycles. The molecule has 1 aromatic heterocycles. The van der Waals surface area contributed by atoms with Crippen molar-refractivity contribution in [3.05, 3.63) is 59.7 Å². The summed E-state index contributed by atoms with van der Waals surface area (Å²) in [5, 5.41) is 4.05. The van der Waals surface area contributed by atoms with E-state index in [4.69, 9.17) is 0 Å². The Balaban J connectivity index is 1.74. The molecule has 0 amide bonds. The predicted octanol–water partition coefficient (Wildman–Crippen LogP) is 6.84. The van der Waals surface area contributed by atoms with E-state index in [-0.39, 0.29) is 17.3 Å². The van der Waals surface area contributed by atoms with Gasteiger partial charge in [-0.1, -0.05) is 24.3 Å². The highest BCUT2D eigenvalue weighted by Crippen LogP contribution is 2.41. The molecule has 176 valence electrons. The van der Waals surface area contributed by atoms with Crippen molar-refractivity contribution in [2.45, 2.75) is 37.7 Å². The molecular weight excluding hydrogens is 444 g/mol. The molecule has 33 heavy (non-hydrogen) atoms. The largest absolute Gasteiger partial charge is 0.417 e. The molecule has 0 radical (unpaired) electrons. The zero-order valence-electron chi connectivity index (χ0n) is 17.9. The SMILES string of the molecule is CN1CCCC1CCNc1cc(-c2ccc(C(F)(F)F)cc2C(F)(F)F)nc2ccccc12. The molecular formula is C24H23F6N3. The van der Waals surface area contributed by atoms with Crippen molar-refractivity contribution in [3.8, 4) is 11.3 Å². The molecule has 1 fully saturated rings. The number of halogens is 6. The van der Waals surface area contributed by atoms with Gasteiger partial charge in [0.15, 0.2) is 0 Å². The fourth-order valence-electron chi connectivity index (χ4n) is 4.36. The number of likely N-dealkylation sites (tertiary alicyclic amines) is 1. The maximum Gasteiger partial charge on any atom is 0.417 e. The van der Waals surface area contributed by atoms with Crippen molar-refractivity contribution >= 4 is 16.6 Å². The molecule has 0 aliphatic carbocycles. The second-order valence-electron chi connectivity index (χ2n) is 8.32. The number of nitrogens with one attached hydrogen (secondary N) is 1. The van der Waals surface area contributed by atoms with Crippen LogP contribution >= 0.6 is 0 Å². The maximum absolute atomic E-state index is 13.7. The summed E-state index contributed by atoms with van der Waals surface area (Å²) in [6, 6.07) is 10.6. The second-order valence-corrected chi connectivity index (χ2v) is 8.32. The summed E-state index contributed by atoms with van der Waals surface area (Å²) in [6.45, 7) is 1.66. The van der Waals surface area contributed by atoms with Crippen LogP contribution in [0.15, 0.2) is 48.5 Å². The molecule has 4 rings (SSSR count). The van der Waals surface area contributed by atoms with Crippen molar-refractivity contribution in [2.75, 3.05) is 25.5 Å². The topological polar surface area (TPSA) is 28.2 Å². The van der Waals surface area contributed by atoms with E-state index >= 15 is 0 Å². The van der Waals surface area contributed by atoms with Crippen molar-refractivity contribution in [1.82, 2.24) is 9.88 Å². The zero-order valence-corrected chi connectivity index (χ0v) is 17.9. The van der Waals surface area contributed by atoms with Crippen molar-refractivity contribution < 1.29 is 26.3 Å². The van der Waals surface area contributed by atoms with E-state index in [2.05, 4.69) is 22.2 Å². The van der Waals surface area contributed by atoms with Gasteiger partial charge in [-0.3, -0.25) is 0 Å². The second kappa shape index (κ2) is 8.85. The molecule has 0 spiro atoms. The van der Waals surface area contributed by atoms with Gasteiger partial charge >= 0.3 is 12.4 Å². The number of benzene rings is 2. The fourth-order valence-corrected chi connectivity index (χ4v) is 4.36. The van der Waals surface area contributed by atoms with Gasteiger partial charge in [-0.05, 0) is 57.1 Å². The third kappa shape index (κ3) is 5.08. The summed E-state index contributed by atoms with van der Waals surface area (Å²) in [6.07, 6.45) is -6.74. The summed E-state index contributed by atoms with van der Waals surface area (Å²) < 4.78 is 80.3. The third-order valence-electron chi connectivity index (χ3n) is 6.11. The Morgan fingerprint density at radius 2 is 1.76 bits per heavy atom. The molecule has 2 heterocycles. The van der Waals surface area contributed by atoms with Crippen molar-refractivity contribution in [3.63, 3.8) is 0 Å². The summed E-state index contributed by atoms with van der Waals surface area (Å²) in [7, 11) is 2.07. The Hall–Kier alpha value is -2.81. The number of anilines is 1. The van der Waals surface area contributed by atoms with E-state index < -0.39 is 23.5 Å². The summed E-state index contributed by atoms with van der Waals surface area (Å²) in [5.74, 6) is 0. The minimum Gasteiger partial charge on any atom is -0.384 e. The van der Waals surface area contributed by atoms with Crippen LogP contribution < -0.4 is 5.32 Å². The van der Waals surface area contributed by atoms with Crippen LogP contribution in [0.4, 0.5) is 32.0 Å². The first-order valence-electron chi connectivity index (χ1n) is 10.7. The van der Waals surface area contributed by atoms with Gasteiger partial charge in [0.05, 0.1) is 22.3 Å². The Kier molecular flexibility index (Phi) is 6.26. The first-order valence-corrected chi connectivity index (χ1v) is 10.7. The first-order chi connectivity index (χ1) is 15.5. The average molecular weight is 467 g/mol. The molecule has 1 N–H and O–H groups in total. The van der Waals surface area contributed by atoms with Gasteiger partial charge in [-0.2, -0.15) is 26.3 Å². The van der Waals surface area contributed by atoms with Crippen LogP contribution in [-0.2, 0) is 12.4 Å². The van der Waals surface area contributed by atoms with Crippen LogP contribution in [0.25, 0.3) is 22.2 Å². The highest BCUT2D eigenvalue weighted by Gasteiger charge is 2.38. The monoisotopic (exact) mass is 467 g/mol. The van der Waals surface area contributed by atoms with E-state index in [0.29, 0.717) is 29.9 Å². The highest BCUT2D eigenvalue weighted by atomic mass is 19.4. The lowest BCUT2D eigenvalue weighted by atomic mass is 9.99. The normalized spacial score (nSPS) is 17.6. The number of para-hydroxylation sites is 1. The fraction of sp³-hybridized carbons (Fsp3) is 0.375. The van der Waals surface area contributed by atoms with Crippen LogP contribution in [0.1, 0.15) is 30.4 Å². The number of aromatic nitrogens is 1. The molecule has 9 heteroatoms. The van der Waals surface area contributed by atoms with Crippen LogP contribution in [0.3, 0.4) is 0 Å². The van der Waals surface area contributed by atoms with E-state index in [1.54, 1.807) is 18.2 Å². The summed E-state index contributed by atoms with van der Waals surface area (Å²) in [4.78, 5) is 6.63. The van der Waals surface area contributed by atoms with Gasteiger partial charge in [0, 0.05) is 29.2 Å². The van der Waals surface area contributed by atoms with Crippen LogP contribution in [0, 0.1) is 0 Å². The van der Waals surface area contributed by atoms with Crippen LogP contribution in [-0.4, -0.2) is 36.1 Å². The van der Waals surface area contributed by atoms with Gasteiger partial charge in [0.2, 0.25) is 0 Å². The van der Waals surface area contributed by atoms with E-state index in [1.165, 1.54) is 6.07 Å². The highest BCUT2D eigenvalue weighted by molar-refractivity contribution is 5.94. The van der Waals surface area contributed by atoms with Crippen LogP contribution in [0.2, 0.25) is 0 Å². The Morgan fingerprint density at radius 3 is 2.42 bits per heavy atom. The third-order valence-corrected chi connectivity index (χ3v) is 6.11. The lowest BCUT2D eigenvalue weighted by Crippen LogP contribution is -2.27. The minimum absolute atomic E-state index is 0.0322. The van der Waals surface area contributed by atoms with Gasteiger partial charge in [0.1, 0.15) is 0 Å². The quantitative estimate of drug-likeness (QED) is 0.417. The molecule has 3 aromatic rings. The van der Waals surface area contributed by atoms with E-state index in [1.807, 2.05) is 6.07 Å². The Morgan fingerprint density at radius 1 is 1.00 bits per heavy atom. The Labute approximate surface area is 187 Å². The lowest BCUT2D eigenvalue weighted by molar-refractivity contribution is -0.142. The van der Waals surface area contributed by atoms with E-state index in [0.717, 1.165) is 37.3 Å². The van der Waals surface area contributed by atoms with Crippen molar-refractivity contribution in [1.29, 1.82) is 0 Å². The number of rotatable bonds is 5. The molecule has 0 saturated carbocycles. The smallest absolute Gasteiger partial charge is 0.384 e. The zero-order chi connectivity index (χ0) is 23.8. The number of pyridine rings is 1.